The molecule has 156 valence electrons. The van der Waals surface area contributed by atoms with E-state index in [0.717, 1.165) is 22.2 Å². The van der Waals surface area contributed by atoms with E-state index < -0.39 is 10.2 Å². The average Bonchev–Trinajstić information content (AvgIpc) is 2.78. The van der Waals surface area contributed by atoms with E-state index in [4.69, 9.17) is 4.98 Å². The van der Waals surface area contributed by atoms with E-state index in [-0.39, 0.29) is 19.0 Å². The van der Waals surface area contributed by atoms with Gasteiger partial charge in [0.05, 0.1) is 16.8 Å². The van der Waals surface area contributed by atoms with Crippen molar-refractivity contribution in [3.63, 3.8) is 0 Å². The van der Waals surface area contributed by atoms with Crippen molar-refractivity contribution in [3.8, 4) is 11.3 Å². The summed E-state index contributed by atoms with van der Waals surface area (Å²) in [5.41, 5.74) is 3.03. The summed E-state index contributed by atoms with van der Waals surface area (Å²) in [6, 6.07) is 19.2. The molecular formula is C22H24N4O3S. The monoisotopic (exact) mass is 424 g/mol. The highest BCUT2D eigenvalue weighted by atomic mass is 32.2. The number of amides is 1. The van der Waals surface area contributed by atoms with E-state index in [1.807, 2.05) is 60.7 Å². The number of hydrogen-bond donors (Lipinski definition) is 0. The minimum absolute atomic E-state index is 0.104. The molecule has 0 aliphatic carbocycles. The van der Waals surface area contributed by atoms with Gasteiger partial charge >= 0.3 is 0 Å². The molecule has 2 aromatic carbocycles. The van der Waals surface area contributed by atoms with Crippen LogP contribution in [0.25, 0.3) is 22.2 Å². The molecule has 0 spiro atoms. The fraction of sp³-hybridized carbons (Fsp3) is 0.273. The SMILES string of the molecule is CN(C)S(=O)(=O)N1CCN(C(=O)c2cc(-c3ccccc3)nc3ccccc23)CC1. The number of aromatic nitrogens is 1. The van der Waals surface area contributed by atoms with Crippen molar-refractivity contribution in [3.05, 3.63) is 66.2 Å². The second-order valence-corrected chi connectivity index (χ2v) is 9.56. The second kappa shape index (κ2) is 8.14. The van der Waals surface area contributed by atoms with Crippen LogP contribution in [0.15, 0.2) is 60.7 Å². The van der Waals surface area contributed by atoms with Crippen LogP contribution in [0.1, 0.15) is 10.4 Å². The molecule has 1 aliphatic heterocycles. The summed E-state index contributed by atoms with van der Waals surface area (Å²) in [7, 11) is -0.443. The Morgan fingerprint density at radius 3 is 2.23 bits per heavy atom. The van der Waals surface area contributed by atoms with E-state index >= 15 is 0 Å². The largest absolute Gasteiger partial charge is 0.336 e. The van der Waals surface area contributed by atoms with Gasteiger partial charge in [0.25, 0.3) is 16.1 Å². The van der Waals surface area contributed by atoms with Crippen LogP contribution >= 0.6 is 0 Å². The molecule has 0 radical (unpaired) electrons. The predicted octanol–water partition coefficient (Wildman–Crippen LogP) is 2.47. The Balaban J connectivity index is 1.65. The van der Waals surface area contributed by atoms with E-state index in [0.29, 0.717) is 18.7 Å². The maximum Gasteiger partial charge on any atom is 0.281 e. The fourth-order valence-electron chi connectivity index (χ4n) is 3.63. The number of fused-ring (bicyclic) bond motifs is 1. The van der Waals surface area contributed by atoms with E-state index in [9.17, 15) is 13.2 Å². The number of rotatable bonds is 4. The van der Waals surface area contributed by atoms with Crippen LogP contribution < -0.4 is 0 Å². The number of para-hydroxylation sites is 1. The topological polar surface area (TPSA) is 73.8 Å². The van der Waals surface area contributed by atoms with Crippen molar-refractivity contribution in [1.82, 2.24) is 18.5 Å². The molecule has 8 heteroatoms. The van der Waals surface area contributed by atoms with Crippen LogP contribution in [0.2, 0.25) is 0 Å². The summed E-state index contributed by atoms with van der Waals surface area (Å²) in [6.45, 7) is 1.26. The van der Waals surface area contributed by atoms with Crippen molar-refractivity contribution >= 4 is 27.0 Å². The quantitative estimate of drug-likeness (QED) is 0.645. The first-order valence-electron chi connectivity index (χ1n) is 9.80. The highest BCUT2D eigenvalue weighted by Crippen LogP contribution is 2.26. The van der Waals surface area contributed by atoms with Gasteiger partial charge in [-0.3, -0.25) is 4.79 Å². The average molecular weight is 425 g/mol. The third kappa shape index (κ3) is 3.81. The molecule has 1 aromatic heterocycles. The lowest BCUT2D eigenvalue weighted by molar-refractivity contribution is 0.0697. The lowest BCUT2D eigenvalue weighted by atomic mass is 10.0. The van der Waals surface area contributed by atoms with Crippen LogP contribution in [0.4, 0.5) is 0 Å². The summed E-state index contributed by atoms with van der Waals surface area (Å²) in [5, 5.41) is 0.797. The van der Waals surface area contributed by atoms with Gasteiger partial charge < -0.3 is 4.90 Å². The summed E-state index contributed by atoms with van der Waals surface area (Å²) in [4.78, 5) is 19.9. The van der Waals surface area contributed by atoms with Gasteiger partial charge in [-0.15, -0.1) is 0 Å². The summed E-state index contributed by atoms with van der Waals surface area (Å²) < 4.78 is 27.3. The first kappa shape index (κ1) is 20.5. The molecular weight excluding hydrogens is 400 g/mol. The smallest absolute Gasteiger partial charge is 0.281 e. The number of carbonyl (C=O) groups is 1. The van der Waals surface area contributed by atoms with Crippen molar-refractivity contribution in [2.24, 2.45) is 0 Å². The number of hydrogen-bond acceptors (Lipinski definition) is 4. The van der Waals surface area contributed by atoms with Gasteiger partial charge in [0.1, 0.15) is 0 Å². The Kier molecular flexibility index (Phi) is 5.55. The van der Waals surface area contributed by atoms with Crippen molar-refractivity contribution in [2.75, 3.05) is 40.3 Å². The Morgan fingerprint density at radius 1 is 0.933 bits per heavy atom. The van der Waals surface area contributed by atoms with Crippen LogP contribution in [0.5, 0.6) is 0 Å². The number of pyridine rings is 1. The molecule has 1 fully saturated rings. The first-order chi connectivity index (χ1) is 14.4. The number of piperazine rings is 1. The lowest BCUT2D eigenvalue weighted by Crippen LogP contribution is -2.53. The van der Waals surface area contributed by atoms with Crippen molar-refractivity contribution < 1.29 is 13.2 Å². The van der Waals surface area contributed by atoms with Gasteiger partial charge in [-0.2, -0.15) is 17.0 Å². The number of carbonyl (C=O) groups excluding carboxylic acids is 1. The van der Waals surface area contributed by atoms with Crippen LogP contribution in [-0.2, 0) is 10.2 Å². The van der Waals surface area contributed by atoms with Crippen LogP contribution in [0, 0.1) is 0 Å². The van der Waals surface area contributed by atoms with Gasteiger partial charge in [0, 0.05) is 51.2 Å². The zero-order chi connectivity index (χ0) is 21.3. The molecule has 0 N–H and O–H groups in total. The summed E-state index contributed by atoms with van der Waals surface area (Å²) in [6.07, 6.45) is 0. The van der Waals surface area contributed by atoms with Gasteiger partial charge in [0.15, 0.2) is 0 Å². The molecule has 3 aromatic rings. The molecule has 4 rings (SSSR count). The Morgan fingerprint density at radius 2 is 1.57 bits per heavy atom. The van der Waals surface area contributed by atoms with Gasteiger partial charge in [-0.1, -0.05) is 48.5 Å². The van der Waals surface area contributed by atoms with Gasteiger partial charge in [-0.05, 0) is 12.1 Å². The molecule has 2 heterocycles. The predicted molar refractivity (Wildman–Crippen MR) is 117 cm³/mol. The fourth-order valence-corrected chi connectivity index (χ4v) is 4.72. The zero-order valence-electron chi connectivity index (χ0n) is 17.0. The van der Waals surface area contributed by atoms with E-state index in [1.165, 1.54) is 22.7 Å². The van der Waals surface area contributed by atoms with E-state index in [1.54, 1.807) is 4.90 Å². The molecule has 1 aliphatic rings. The Labute approximate surface area is 176 Å². The molecule has 0 saturated carbocycles. The molecule has 1 amide bonds. The highest BCUT2D eigenvalue weighted by Gasteiger charge is 2.31. The third-order valence-corrected chi connectivity index (χ3v) is 7.27. The molecule has 0 atom stereocenters. The standard InChI is InChI=1S/C22H24N4O3S/c1-24(2)30(28,29)26-14-12-25(13-15-26)22(27)19-16-21(17-8-4-3-5-9-17)23-20-11-7-6-10-18(19)20/h3-11,16H,12-15H2,1-2H3. The summed E-state index contributed by atoms with van der Waals surface area (Å²) >= 11 is 0. The highest BCUT2D eigenvalue weighted by molar-refractivity contribution is 7.86. The van der Waals surface area contributed by atoms with E-state index in [2.05, 4.69) is 0 Å². The maximum atomic E-state index is 13.4. The Hall–Kier alpha value is -2.81. The minimum atomic E-state index is -3.47. The zero-order valence-corrected chi connectivity index (χ0v) is 17.8. The maximum absolute atomic E-state index is 13.4. The lowest BCUT2D eigenvalue weighted by Gasteiger charge is -2.35. The molecule has 1 saturated heterocycles. The van der Waals surface area contributed by atoms with Gasteiger partial charge in [-0.25, -0.2) is 4.98 Å². The van der Waals surface area contributed by atoms with Crippen LogP contribution in [-0.4, -0.2) is 73.1 Å². The molecule has 30 heavy (non-hydrogen) atoms. The van der Waals surface area contributed by atoms with Gasteiger partial charge in [0.2, 0.25) is 0 Å². The summed E-state index contributed by atoms with van der Waals surface area (Å²) in [5.74, 6) is -0.104. The molecule has 7 nitrogen and oxygen atoms in total. The second-order valence-electron chi connectivity index (χ2n) is 7.42. The molecule has 0 bridgehead atoms. The minimum Gasteiger partial charge on any atom is -0.336 e. The van der Waals surface area contributed by atoms with Crippen molar-refractivity contribution in [1.29, 1.82) is 0 Å². The number of nitrogens with zero attached hydrogens (tertiary/aromatic N) is 4. The first-order valence-corrected chi connectivity index (χ1v) is 11.2. The normalized spacial score (nSPS) is 15.6. The van der Waals surface area contributed by atoms with Crippen molar-refractivity contribution in [2.45, 2.75) is 0 Å². The van der Waals surface area contributed by atoms with Crippen LogP contribution in [0.3, 0.4) is 0 Å². The third-order valence-electron chi connectivity index (χ3n) is 5.33. The number of benzene rings is 2. The molecule has 0 unspecified atom stereocenters. The Bertz CT molecular complexity index is 1170.